The second kappa shape index (κ2) is 4.85. The molecule has 0 spiro atoms. The number of phenolic OH excluding ortho intramolecular Hbond substituents is 1. The summed E-state index contributed by atoms with van der Waals surface area (Å²) in [6.45, 7) is 7.60. The maximum Gasteiger partial charge on any atom is 0.120 e. The molecule has 1 saturated heterocycles. The smallest absolute Gasteiger partial charge is 0.120 e. The highest BCUT2D eigenvalue weighted by Gasteiger charge is 2.17. The lowest BCUT2D eigenvalue weighted by Gasteiger charge is -2.31. The highest BCUT2D eigenvalue weighted by Crippen LogP contribution is 2.21. The number of aromatic hydroxyl groups is 1. The summed E-state index contributed by atoms with van der Waals surface area (Å²) in [4.78, 5) is 2.32. The van der Waals surface area contributed by atoms with Gasteiger partial charge in [-0.1, -0.05) is 17.7 Å². The van der Waals surface area contributed by atoms with Gasteiger partial charge < -0.3 is 9.84 Å². The molecule has 1 aromatic carbocycles. The summed E-state index contributed by atoms with van der Waals surface area (Å²) in [7, 11) is 0. The Kier molecular flexibility index (Phi) is 3.46. The summed E-state index contributed by atoms with van der Waals surface area (Å²) < 4.78 is 5.50. The Hall–Kier alpha value is -1.06. The highest BCUT2D eigenvalue weighted by molar-refractivity contribution is 5.35. The molecule has 0 aliphatic carbocycles. The van der Waals surface area contributed by atoms with Crippen LogP contribution in [0.2, 0.25) is 0 Å². The van der Waals surface area contributed by atoms with Crippen molar-refractivity contribution in [2.75, 3.05) is 19.7 Å². The van der Waals surface area contributed by atoms with Gasteiger partial charge in [0.25, 0.3) is 0 Å². The van der Waals surface area contributed by atoms with Crippen LogP contribution in [-0.2, 0) is 11.3 Å². The molecular formula is C13H19NO2. The fourth-order valence-corrected chi connectivity index (χ4v) is 2.12. The first-order chi connectivity index (χ1) is 7.65. The van der Waals surface area contributed by atoms with Gasteiger partial charge in [0.2, 0.25) is 0 Å². The van der Waals surface area contributed by atoms with Crippen LogP contribution in [0.3, 0.4) is 0 Å². The third-order valence-corrected chi connectivity index (χ3v) is 2.95. The molecule has 0 saturated carbocycles. The molecule has 0 radical (unpaired) electrons. The molecule has 0 aromatic heterocycles. The first kappa shape index (κ1) is 11.4. The van der Waals surface area contributed by atoms with Crippen molar-refractivity contribution in [1.82, 2.24) is 4.90 Å². The molecule has 0 amide bonds. The Labute approximate surface area is 96.6 Å². The van der Waals surface area contributed by atoms with Crippen molar-refractivity contribution in [2.24, 2.45) is 0 Å². The Bertz CT molecular complexity index is 365. The molecule has 1 heterocycles. The third-order valence-electron chi connectivity index (χ3n) is 2.95. The number of benzene rings is 1. The van der Waals surface area contributed by atoms with Crippen molar-refractivity contribution in [3.05, 3.63) is 29.3 Å². The quantitative estimate of drug-likeness (QED) is 0.828. The maximum atomic E-state index is 9.77. The minimum atomic E-state index is 0.292. The second-order valence-electron chi connectivity index (χ2n) is 4.55. The van der Waals surface area contributed by atoms with E-state index in [9.17, 15) is 5.11 Å². The lowest BCUT2D eigenvalue weighted by Crippen LogP contribution is -2.40. The number of phenols is 1. The van der Waals surface area contributed by atoms with Crippen LogP contribution < -0.4 is 0 Å². The van der Waals surface area contributed by atoms with Crippen LogP contribution in [0.25, 0.3) is 0 Å². The molecule has 0 bridgehead atoms. The van der Waals surface area contributed by atoms with E-state index in [0.717, 1.165) is 31.8 Å². The predicted molar refractivity (Wildman–Crippen MR) is 63.5 cm³/mol. The van der Waals surface area contributed by atoms with Crippen molar-refractivity contribution in [2.45, 2.75) is 26.5 Å². The zero-order chi connectivity index (χ0) is 11.5. The Morgan fingerprint density at radius 3 is 3.06 bits per heavy atom. The van der Waals surface area contributed by atoms with Gasteiger partial charge in [-0.05, 0) is 19.9 Å². The summed E-state index contributed by atoms with van der Waals surface area (Å²) in [6, 6.07) is 5.75. The Morgan fingerprint density at radius 2 is 2.31 bits per heavy atom. The fourth-order valence-electron chi connectivity index (χ4n) is 2.12. The van der Waals surface area contributed by atoms with Crippen LogP contribution in [0.1, 0.15) is 18.1 Å². The van der Waals surface area contributed by atoms with Crippen LogP contribution in [-0.4, -0.2) is 35.8 Å². The first-order valence-corrected chi connectivity index (χ1v) is 5.77. The zero-order valence-corrected chi connectivity index (χ0v) is 9.94. The molecule has 1 aliphatic rings. The van der Waals surface area contributed by atoms with Crippen molar-refractivity contribution >= 4 is 0 Å². The molecule has 16 heavy (non-hydrogen) atoms. The number of aryl methyl sites for hydroxylation is 1. The van der Waals surface area contributed by atoms with Gasteiger partial charge in [-0.2, -0.15) is 0 Å². The second-order valence-corrected chi connectivity index (χ2v) is 4.55. The van der Waals surface area contributed by atoms with E-state index in [1.807, 2.05) is 13.0 Å². The first-order valence-electron chi connectivity index (χ1n) is 5.77. The number of nitrogens with zero attached hydrogens (tertiary/aromatic N) is 1. The maximum absolute atomic E-state index is 9.77. The summed E-state index contributed by atoms with van der Waals surface area (Å²) in [6.07, 6.45) is 0.292. The summed E-state index contributed by atoms with van der Waals surface area (Å²) in [5, 5.41) is 9.77. The molecule has 3 heteroatoms. The number of morpholine rings is 1. The van der Waals surface area contributed by atoms with Crippen molar-refractivity contribution < 1.29 is 9.84 Å². The molecule has 2 rings (SSSR count). The molecule has 3 nitrogen and oxygen atoms in total. The summed E-state index contributed by atoms with van der Waals surface area (Å²) in [5.74, 6) is 0.393. The minimum Gasteiger partial charge on any atom is -0.508 e. The molecule has 1 unspecified atom stereocenters. The van der Waals surface area contributed by atoms with Crippen LogP contribution >= 0.6 is 0 Å². The number of hydrogen-bond acceptors (Lipinski definition) is 3. The molecule has 1 aromatic rings. The summed E-state index contributed by atoms with van der Waals surface area (Å²) in [5.41, 5.74) is 2.20. The van der Waals surface area contributed by atoms with Crippen molar-refractivity contribution in [3.8, 4) is 5.75 Å². The largest absolute Gasteiger partial charge is 0.508 e. The topological polar surface area (TPSA) is 32.7 Å². The molecular weight excluding hydrogens is 202 g/mol. The van der Waals surface area contributed by atoms with E-state index in [0.29, 0.717) is 11.9 Å². The average Bonchev–Trinajstić information content (AvgIpc) is 2.24. The molecule has 1 atom stereocenters. The van der Waals surface area contributed by atoms with E-state index in [4.69, 9.17) is 4.74 Å². The van der Waals surface area contributed by atoms with Gasteiger partial charge in [-0.3, -0.25) is 4.90 Å². The van der Waals surface area contributed by atoms with E-state index in [-0.39, 0.29) is 0 Å². The van der Waals surface area contributed by atoms with Gasteiger partial charge in [0, 0.05) is 25.2 Å². The molecule has 88 valence electrons. The summed E-state index contributed by atoms with van der Waals surface area (Å²) >= 11 is 0. The standard InChI is InChI=1S/C13H19NO2/c1-10-3-4-13(15)12(7-10)9-14-5-6-16-11(2)8-14/h3-4,7,11,15H,5-6,8-9H2,1-2H3. The Morgan fingerprint density at radius 1 is 1.50 bits per heavy atom. The fraction of sp³-hybridized carbons (Fsp3) is 0.538. The predicted octanol–water partition coefficient (Wildman–Crippen LogP) is 1.92. The monoisotopic (exact) mass is 221 g/mol. The van der Waals surface area contributed by atoms with Crippen molar-refractivity contribution in [1.29, 1.82) is 0 Å². The van der Waals surface area contributed by atoms with Crippen LogP contribution in [0.5, 0.6) is 5.75 Å². The molecule has 1 aliphatic heterocycles. The average molecular weight is 221 g/mol. The van der Waals surface area contributed by atoms with Gasteiger partial charge in [0.15, 0.2) is 0 Å². The minimum absolute atomic E-state index is 0.292. The van der Waals surface area contributed by atoms with E-state index < -0.39 is 0 Å². The number of ether oxygens (including phenoxy) is 1. The zero-order valence-electron chi connectivity index (χ0n) is 9.94. The SMILES string of the molecule is Cc1ccc(O)c(CN2CCOC(C)C2)c1. The highest BCUT2D eigenvalue weighted by atomic mass is 16.5. The van der Waals surface area contributed by atoms with Gasteiger partial charge in [0.05, 0.1) is 12.7 Å². The van der Waals surface area contributed by atoms with Gasteiger partial charge >= 0.3 is 0 Å². The lowest BCUT2D eigenvalue weighted by atomic mass is 10.1. The number of hydrogen-bond donors (Lipinski definition) is 1. The number of rotatable bonds is 2. The van der Waals surface area contributed by atoms with Crippen LogP contribution in [0.4, 0.5) is 0 Å². The van der Waals surface area contributed by atoms with E-state index in [1.54, 1.807) is 6.07 Å². The third kappa shape index (κ3) is 2.74. The van der Waals surface area contributed by atoms with E-state index >= 15 is 0 Å². The van der Waals surface area contributed by atoms with Gasteiger partial charge in [-0.15, -0.1) is 0 Å². The van der Waals surface area contributed by atoms with Crippen molar-refractivity contribution in [3.63, 3.8) is 0 Å². The van der Waals surface area contributed by atoms with Gasteiger partial charge in [-0.25, -0.2) is 0 Å². The van der Waals surface area contributed by atoms with Crippen LogP contribution in [0, 0.1) is 6.92 Å². The lowest BCUT2D eigenvalue weighted by molar-refractivity contribution is -0.0214. The van der Waals surface area contributed by atoms with E-state index in [2.05, 4.69) is 17.9 Å². The molecule has 1 N–H and O–H groups in total. The van der Waals surface area contributed by atoms with Crippen LogP contribution in [0.15, 0.2) is 18.2 Å². The normalized spacial score (nSPS) is 22.2. The van der Waals surface area contributed by atoms with Gasteiger partial charge in [0.1, 0.15) is 5.75 Å². The molecule has 1 fully saturated rings. The Balaban J connectivity index is 2.05. The van der Waals surface area contributed by atoms with E-state index in [1.165, 1.54) is 5.56 Å².